The maximum atomic E-state index is 12.5. The number of piperidine rings is 1. The molecule has 1 aromatic rings. The second-order valence-electron chi connectivity index (χ2n) is 5.62. The first-order valence-corrected chi connectivity index (χ1v) is 7.20. The van der Waals surface area contributed by atoms with Gasteiger partial charge in [0, 0.05) is 38.9 Å². The third kappa shape index (κ3) is 2.42. The Morgan fingerprint density at radius 1 is 1.25 bits per heavy atom. The third-order valence-electron chi connectivity index (χ3n) is 4.38. The molecular formula is C14H20N4O2. The highest BCUT2D eigenvalue weighted by atomic mass is 16.2. The molecule has 1 fully saturated rings. The summed E-state index contributed by atoms with van der Waals surface area (Å²) >= 11 is 0. The van der Waals surface area contributed by atoms with E-state index in [0.29, 0.717) is 19.6 Å². The van der Waals surface area contributed by atoms with Crippen LogP contribution in [0.15, 0.2) is 6.33 Å². The van der Waals surface area contributed by atoms with Crippen molar-refractivity contribution in [2.45, 2.75) is 32.7 Å². The van der Waals surface area contributed by atoms with Crippen LogP contribution < -0.4 is 0 Å². The Morgan fingerprint density at radius 2 is 2.00 bits per heavy atom. The molecule has 1 aromatic heterocycles. The minimum Gasteiger partial charge on any atom is -0.347 e. The molecule has 2 aliphatic heterocycles. The molecule has 3 heterocycles. The van der Waals surface area contributed by atoms with Crippen LogP contribution >= 0.6 is 0 Å². The first-order valence-electron chi connectivity index (χ1n) is 7.20. The monoisotopic (exact) mass is 276 g/mol. The summed E-state index contributed by atoms with van der Waals surface area (Å²) in [6.07, 6.45) is 4.09. The van der Waals surface area contributed by atoms with E-state index in [4.69, 9.17) is 0 Å². The average molecular weight is 276 g/mol. The zero-order valence-corrected chi connectivity index (χ0v) is 11.8. The van der Waals surface area contributed by atoms with Gasteiger partial charge in [0.15, 0.2) is 0 Å². The summed E-state index contributed by atoms with van der Waals surface area (Å²) in [5, 5.41) is 0. The van der Waals surface area contributed by atoms with Crippen LogP contribution in [0, 0.1) is 5.92 Å². The van der Waals surface area contributed by atoms with Crippen LogP contribution in [0.25, 0.3) is 0 Å². The molecule has 0 bridgehead atoms. The highest BCUT2D eigenvalue weighted by Gasteiger charge is 2.31. The maximum absolute atomic E-state index is 12.5. The SMILES string of the molecule is CC(=O)N1CCC(C(=O)N2CCc3nc[nH]c3C2)CC1. The summed E-state index contributed by atoms with van der Waals surface area (Å²) in [4.78, 5) is 35.0. The number of rotatable bonds is 1. The maximum Gasteiger partial charge on any atom is 0.226 e. The molecule has 0 spiro atoms. The van der Waals surface area contributed by atoms with E-state index in [1.165, 1.54) is 0 Å². The molecule has 1 N–H and O–H groups in total. The van der Waals surface area contributed by atoms with Crippen LogP contribution in [0.3, 0.4) is 0 Å². The zero-order chi connectivity index (χ0) is 14.1. The van der Waals surface area contributed by atoms with E-state index in [-0.39, 0.29) is 17.7 Å². The van der Waals surface area contributed by atoms with Gasteiger partial charge in [-0.15, -0.1) is 0 Å². The number of aromatic amines is 1. The predicted octanol–water partition coefficient (Wildman–Crippen LogP) is 0.553. The van der Waals surface area contributed by atoms with E-state index < -0.39 is 0 Å². The molecule has 0 aromatic carbocycles. The van der Waals surface area contributed by atoms with E-state index in [1.807, 2.05) is 9.80 Å². The van der Waals surface area contributed by atoms with E-state index in [2.05, 4.69) is 9.97 Å². The fourth-order valence-electron chi connectivity index (χ4n) is 3.10. The Bertz CT molecular complexity index is 517. The summed E-state index contributed by atoms with van der Waals surface area (Å²) in [7, 11) is 0. The molecular weight excluding hydrogens is 256 g/mol. The van der Waals surface area contributed by atoms with E-state index in [0.717, 1.165) is 37.2 Å². The molecule has 0 saturated carbocycles. The van der Waals surface area contributed by atoms with Gasteiger partial charge in [-0.1, -0.05) is 0 Å². The molecule has 108 valence electrons. The molecule has 3 rings (SSSR count). The molecule has 6 nitrogen and oxygen atoms in total. The highest BCUT2D eigenvalue weighted by molar-refractivity contribution is 5.80. The van der Waals surface area contributed by atoms with Crippen LogP contribution in [0.5, 0.6) is 0 Å². The second-order valence-corrected chi connectivity index (χ2v) is 5.62. The number of nitrogens with one attached hydrogen (secondary N) is 1. The number of H-pyrrole nitrogens is 1. The summed E-state index contributed by atoms with van der Waals surface area (Å²) in [6, 6.07) is 0. The lowest BCUT2D eigenvalue weighted by atomic mass is 9.94. The Hall–Kier alpha value is -1.85. The zero-order valence-electron chi connectivity index (χ0n) is 11.8. The first-order chi connectivity index (χ1) is 9.65. The van der Waals surface area contributed by atoms with Gasteiger partial charge in [-0.25, -0.2) is 4.98 Å². The minimum absolute atomic E-state index is 0.0649. The van der Waals surface area contributed by atoms with Crippen molar-refractivity contribution in [3.05, 3.63) is 17.7 Å². The molecule has 6 heteroatoms. The fraction of sp³-hybridized carbons (Fsp3) is 0.643. The van der Waals surface area contributed by atoms with Gasteiger partial charge in [-0.3, -0.25) is 9.59 Å². The number of nitrogens with zero attached hydrogens (tertiary/aromatic N) is 3. The van der Waals surface area contributed by atoms with Crippen LogP contribution in [0.4, 0.5) is 0 Å². The summed E-state index contributed by atoms with van der Waals surface area (Å²) in [5.74, 6) is 0.402. The molecule has 2 amide bonds. The molecule has 0 radical (unpaired) electrons. The lowest BCUT2D eigenvalue weighted by Crippen LogP contribution is -2.45. The standard InChI is InChI=1S/C14H20N4O2/c1-10(19)17-5-2-11(3-6-17)14(20)18-7-4-12-13(8-18)16-9-15-12/h9,11H,2-8H2,1H3,(H,15,16). The molecule has 2 aliphatic rings. The smallest absolute Gasteiger partial charge is 0.226 e. The first kappa shape index (κ1) is 13.1. The number of fused-ring (bicyclic) bond motifs is 1. The lowest BCUT2D eigenvalue weighted by Gasteiger charge is -2.35. The van der Waals surface area contributed by atoms with Crippen molar-refractivity contribution >= 4 is 11.8 Å². The number of carbonyl (C=O) groups is 2. The van der Waals surface area contributed by atoms with Gasteiger partial charge in [0.25, 0.3) is 0 Å². The van der Waals surface area contributed by atoms with E-state index in [9.17, 15) is 9.59 Å². The number of aromatic nitrogens is 2. The van der Waals surface area contributed by atoms with Crippen molar-refractivity contribution in [3.8, 4) is 0 Å². The largest absolute Gasteiger partial charge is 0.347 e. The summed E-state index contributed by atoms with van der Waals surface area (Å²) in [6.45, 7) is 4.39. The van der Waals surface area contributed by atoms with Gasteiger partial charge in [-0.2, -0.15) is 0 Å². The van der Waals surface area contributed by atoms with Gasteiger partial charge in [0.05, 0.1) is 24.3 Å². The van der Waals surface area contributed by atoms with Crippen molar-refractivity contribution in [1.29, 1.82) is 0 Å². The molecule has 20 heavy (non-hydrogen) atoms. The summed E-state index contributed by atoms with van der Waals surface area (Å²) < 4.78 is 0. The summed E-state index contributed by atoms with van der Waals surface area (Å²) in [5.41, 5.74) is 2.14. The number of hydrogen-bond donors (Lipinski definition) is 1. The quantitative estimate of drug-likeness (QED) is 0.814. The molecule has 0 unspecified atom stereocenters. The van der Waals surface area contributed by atoms with Gasteiger partial charge in [0.2, 0.25) is 11.8 Å². The van der Waals surface area contributed by atoms with Gasteiger partial charge < -0.3 is 14.8 Å². The van der Waals surface area contributed by atoms with Gasteiger partial charge in [-0.05, 0) is 12.8 Å². The fourth-order valence-corrected chi connectivity index (χ4v) is 3.10. The van der Waals surface area contributed by atoms with Crippen LogP contribution in [-0.4, -0.2) is 51.2 Å². The van der Waals surface area contributed by atoms with Crippen molar-refractivity contribution in [2.75, 3.05) is 19.6 Å². The van der Waals surface area contributed by atoms with Crippen LogP contribution in [-0.2, 0) is 22.6 Å². The van der Waals surface area contributed by atoms with Crippen molar-refractivity contribution < 1.29 is 9.59 Å². The number of likely N-dealkylation sites (tertiary alicyclic amines) is 1. The van der Waals surface area contributed by atoms with Gasteiger partial charge >= 0.3 is 0 Å². The van der Waals surface area contributed by atoms with Crippen molar-refractivity contribution in [2.24, 2.45) is 5.92 Å². The number of hydrogen-bond acceptors (Lipinski definition) is 3. The van der Waals surface area contributed by atoms with E-state index in [1.54, 1.807) is 13.3 Å². The van der Waals surface area contributed by atoms with Crippen molar-refractivity contribution in [3.63, 3.8) is 0 Å². The second kappa shape index (κ2) is 5.26. The Morgan fingerprint density at radius 3 is 2.70 bits per heavy atom. The Kier molecular flexibility index (Phi) is 3.46. The molecule has 0 atom stereocenters. The molecule has 1 saturated heterocycles. The van der Waals surface area contributed by atoms with Crippen molar-refractivity contribution in [1.82, 2.24) is 19.8 Å². The predicted molar refractivity (Wildman–Crippen MR) is 72.7 cm³/mol. The average Bonchev–Trinajstić information content (AvgIpc) is 2.94. The number of carbonyl (C=O) groups excluding carboxylic acids is 2. The van der Waals surface area contributed by atoms with Crippen LogP contribution in [0.2, 0.25) is 0 Å². The lowest BCUT2D eigenvalue weighted by molar-refractivity contribution is -0.140. The highest BCUT2D eigenvalue weighted by Crippen LogP contribution is 2.23. The number of amides is 2. The molecule has 0 aliphatic carbocycles. The number of imidazole rings is 1. The Labute approximate surface area is 118 Å². The normalized spacial score (nSPS) is 19.9. The van der Waals surface area contributed by atoms with Gasteiger partial charge in [0.1, 0.15) is 0 Å². The topological polar surface area (TPSA) is 69.3 Å². The minimum atomic E-state index is 0.0649. The van der Waals surface area contributed by atoms with Crippen LogP contribution in [0.1, 0.15) is 31.2 Å². The Balaban J connectivity index is 1.59. The van der Waals surface area contributed by atoms with E-state index >= 15 is 0 Å². The third-order valence-corrected chi connectivity index (χ3v) is 4.38.